The van der Waals surface area contributed by atoms with Gasteiger partial charge in [0.1, 0.15) is 11.5 Å². The van der Waals surface area contributed by atoms with Crippen molar-refractivity contribution in [3.8, 4) is 28.5 Å². The number of hydrogen-bond donors (Lipinski definition) is 0. The van der Waals surface area contributed by atoms with Crippen molar-refractivity contribution in [1.29, 1.82) is 0 Å². The maximum Gasteiger partial charge on any atom is 0.202 e. The van der Waals surface area contributed by atoms with Crippen LogP contribution in [0.25, 0.3) is 28.5 Å². The van der Waals surface area contributed by atoms with Crippen LogP contribution in [-0.4, -0.2) is 14.5 Å². The molecule has 0 aliphatic carbocycles. The second kappa shape index (κ2) is 9.30. The molecule has 0 fully saturated rings. The molecule has 0 aliphatic rings. The predicted molar refractivity (Wildman–Crippen MR) is 138 cm³/mol. The Kier molecular flexibility index (Phi) is 6.22. The van der Waals surface area contributed by atoms with Crippen LogP contribution >= 0.6 is 34.8 Å². The second-order valence-electron chi connectivity index (χ2n) is 8.00. The van der Waals surface area contributed by atoms with E-state index in [1.807, 2.05) is 60.0 Å². The number of aromatic nitrogens is 3. The Labute approximate surface area is 212 Å². The van der Waals surface area contributed by atoms with E-state index in [1.165, 1.54) is 0 Å². The Morgan fingerprint density at radius 2 is 1.59 bits per heavy atom. The van der Waals surface area contributed by atoms with Gasteiger partial charge < -0.3 is 4.42 Å². The minimum absolute atomic E-state index is 0.0128. The largest absolute Gasteiger partial charge is 0.438 e. The van der Waals surface area contributed by atoms with Gasteiger partial charge in [0.05, 0.1) is 22.8 Å². The van der Waals surface area contributed by atoms with Gasteiger partial charge in [-0.25, -0.2) is 9.97 Å². The first-order chi connectivity index (χ1) is 16.4. The monoisotopic (exact) mass is 507 g/mol. The summed E-state index contributed by atoms with van der Waals surface area (Å²) < 4.78 is 8.24. The fourth-order valence-electron chi connectivity index (χ4n) is 3.97. The van der Waals surface area contributed by atoms with Crippen molar-refractivity contribution in [3.63, 3.8) is 0 Å². The molecule has 2 heterocycles. The average molecular weight is 509 g/mol. The standard InChI is InChI=1S/C27H20Cl3N3O/c1-16(18-6-4-3-5-7-18)27-31-15-24(34-27)25-17(2)33(21-11-8-19(28)9-12-21)26(32-25)22-13-10-20(29)14-23(22)30/h3-16H,1-2H3. The van der Waals surface area contributed by atoms with Crippen LogP contribution in [0.4, 0.5) is 0 Å². The molecule has 0 saturated carbocycles. The third kappa shape index (κ3) is 4.25. The zero-order valence-corrected chi connectivity index (χ0v) is 20.7. The molecule has 5 rings (SSSR count). The van der Waals surface area contributed by atoms with Gasteiger partial charge in [-0.2, -0.15) is 0 Å². The van der Waals surface area contributed by atoms with Gasteiger partial charge in [0.25, 0.3) is 0 Å². The van der Waals surface area contributed by atoms with Crippen LogP contribution in [0.2, 0.25) is 15.1 Å². The van der Waals surface area contributed by atoms with Crippen LogP contribution in [0.1, 0.15) is 30.0 Å². The Hall–Kier alpha value is -3.05. The van der Waals surface area contributed by atoms with Crippen LogP contribution in [0, 0.1) is 6.92 Å². The minimum atomic E-state index is 0.0128. The Morgan fingerprint density at radius 3 is 2.29 bits per heavy atom. The maximum atomic E-state index is 6.58. The highest BCUT2D eigenvalue weighted by atomic mass is 35.5. The number of imidazole rings is 1. The number of halogens is 3. The molecule has 1 unspecified atom stereocenters. The Bertz CT molecular complexity index is 1460. The summed E-state index contributed by atoms with van der Waals surface area (Å²) in [6.07, 6.45) is 1.73. The smallest absolute Gasteiger partial charge is 0.202 e. The molecule has 0 amide bonds. The first kappa shape index (κ1) is 22.7. The van der Waals surface area contributed by atoms with E-state index in [9.17, 15) is 0 Å². The van der Waals surface area contributed by atoms with Gasteiger partial charge in [0.15, 0.2) is 5.76 Å². The van der Waals surface area contributed by atoms with E-state index in [4.69, 9.17) is 44.2 Å². The first-order valence-corrected chi connectivity index (χ1v) is 11.9. The van der Waals surface area contributed by atoms with Crippen LogP contribution < -0.4 is 0 Å². The van der Waals surface area contributed by atoms with Crippen molar-refractivity contribution >= 4 is 34.8 Å². The van der Waals surface area contributed by atoms with Crippen LogP contribution in [0.15, 0.2) is 83.4 Å². The van der Waals surface area contributed by atoms with E-state index in [-0.39, 0.29) is 5.92 Å². The van der Waals surface area contributed by atoms with Crippen molar-refractivity contribution in [2.45, 2.75) is 19.8 Å². The van der Waals surface area contributed by atoms with E-state index in [0.717, 1.165) is 22.5 Å². The lowest BCUT2D eigenvalue weighted by Crippen LogP contribution is -2.00. The highest BCUT2D eigenvalue weighted by molar-refractivity contribution is 6.36. The molecule has 7 heteroatoms. The topological polar surface area (TPSA) is 43.9 Å². The molecular weight excluding hydrogens is 489 g/mol. The van der Waals surface area contributed by atoms with Crippen molar-refractivity contribution in [2.75, 3.05) is 0 Å². The van der Waals surface area contributed by atoms with Crippen molar-refractivity contribution in [2.24, 2.45) is 0 Å². The number of hydrogen-bond acceptors (Lipinski definition) is 3. The molecule has 34 heavy (non-hydrogen) atoms. The maximum absolute atomic E-state index is 6.58. The summed E-state index contributed by atoms with van der Waals surface area (Å²) in [5, 5.41) is 1.72. The van der Waals surface area contributed by atoms with Gasteiger partial charge in [0.2, 0.25) is 5.89 Å². The molecule has 0 saturated heterocycles. The zero-order valence-electron chi connectivity index (χ0n) is 18.5. The molecule has 3 aromatic carbocycles. The highest BCUT2D eigenvalue weighted by Gasteiger charge is 2.23. The average Bonchev–Trinajstić information content (AvgIpc) is 3.45. The van der Waals surface area contributed by atoms with E-state index < -0.39 is 0 Å². The Morgan fingerprint density at radius 1 is 0.882 bits per heavy atom. The molecule has 2 aromatic heterocycles. The zero-order chi connectivity index (χ0) is 23.8. The molecule has 0 aliphatic heterocycles. The van der Waals surface area contributed by atoms with Gasteiger partial charge in [-0.3, -0.25) is 4.57 Å². The van der Waals surface area contributed by atoms with Gasteiger partial charge in [-0.1, -0.05) is 65.1 Å². The van der Waals surface area contributed by atoms with E-state index in [1.54, 1.807) is 18.3 Å². The van der Waals surface area contributed by atoms with Gasteiger partial charge in [-0.15, -0.1) is 0 Å². The van der Waals surface area contributed by atoms with Gasteiger partial charge >= 0.3 is 0 Å². The Balaban J connectivity index is 1.64. The lowest BCUT2D eigenvalue weighted by molar-refractivity contribution is 0.490. The predicted octanol–water partition coefficient (Wildman–Crippen LogP) is 8.61. The molecule has 0 bridgehead atoms. The van der Waals surface area contributed by atoms with Crippen LogP contribution in [0.5, 0.6) is 0 Å². The van der Waals surface area contributed by atoms with Gasteiger partial charge in [-0.05, 0) is 61.9 Å². The highest BCUT2D eigenvalue weighted by Crippen LogP contribution is 2.37. The normalized spacial score (nSPS) is 12.1. The second-order valence-corrected chi connectivity index (χ2v) is 9.28. The molecule has 0 spiro atoms. The molecule has 0 radical (unpaired) electrons. The summed E-state index contributed by atoms with van der Waals surface area (Å²) in [6.45, 7) is 4.07. The molecular formula is C27H20Cl3N3O. The fraction of sp³-hybridized carbons (Fsp3) is 0.111. The third-order valence-corrected chi connectivity index (χ3v) is 6.59. The summed E-state index contributed by atoms with van der Waals surface area (Å²) in [5.41, 5.74) is 4.37. The van der Waals surface area contributed by atoms with E-state index >= 15 is 0 Å². The molecule has 1 atom stereocenters. The molecule has 5 aromatic rings. The molecule has 4 nitrogen and oxygen atoms in total. The summed E-state index contributed by atoms with van der Waals surface area (Å²) in [7, 11) is 0. The van der Waals surface area contributed by atoms with E-state index in [0.29, 0.717) is 38.2 Å². The number of benzene rings is 3. The number of nitrogens with zero attached hydrogens (tertiary/aromatic N) is 3. The quantitative estimate of drug-likeness (QED) is 0.239. The third-order valence-electron chi connectivity index (χ3n) is 5.79. The van der Waals surface area contributed by atoms with E-state index in [2.05, 4.69) is 24.0 Å². The molecule has 0 N–H and O–H groups in total. The van der Waals surface area contributed by atoms with Crippen LogP contribution in [0.3, 0.4) is 0 Å². The number of rotatable bonds is 5. The molecule has 170 valence electrons. The van der Waals surface area contributed by atoms with Crippen molar-refractivity contribution in [1.82, 2.24) is 14.5 Å². The summed E-state index contributed by atoms with van der Waals surface area (Å²) in [6, 6.07) is 23.1. The summed E-state index contributed by atoms with van der Waals surface area (Å²) in [4.78, 5) is 9.51. The number of oxazole rings is 1. The van der Waals surface area contributed by atoms with Crippen molar-refractivity contribution < 1.29 is 4.42 Å². The summed E-state index contributed by atoms with van der Waals surface area (Å²) in [5.74, 6) is 1.91. The van der Waals surface area contributed by atoms with Crippen LogP contribution in [-0.2, 0) is 0 Å². The summed E-state index contributed by atoms with van der Waals surface area (Å²) >= 11 is 18.9. The van der Waals surface area contributed by atoms with Gasteiger partial charge in [0, 0.05) is 21.3 Å². The lowest BCUT2D eigenvalue weighted by atomic mass is 10.0. The fourth-order valence-corrected chi connectivity index (χ4v) is 4.59. The lowest BCUT2D eigenvalue weighted by Gasteiger charge is -2.12. The van der Waals surface area contributed by atoms with Crippen molar-refractivity contribution in [3.05, 3.63) is 111 Å². The SMILES string of the molecule is Cc1c(-c2cnc(C(C)c3ccccc3)o2)nc(-c2ccc(Cl)cc2Cl)n1-c1ccc(Cl)cc1. The first-order valence-electron chi connectivity index (χ1n) is 10.7. The minimum Gasteiger partial charge on any atom is -0.438 e.